The zero-order chi connectivity index (χ0) is 15.7. The van der Waals surface area contributed by atoms with E-state index in [2.05, 4.69) is 26.1 Å². The molecule has 0 atom stereocenters. The fraction of sp³-hybridized carbons (Fsp3) is 0.588. The topological polar surface area (TPSA) is 47.6 Å². The van der Waals surface area contributed by atoms with E-state index in [4.69, 9.17) is 9.47 Å². The Hall–Kier alpha value is -1.71. The second-order valence-electron chi connectivity index (χ2n) is 7.43. The van der Waals surface area contributed by atoms with Crippen LogP contribution in [0, 0.1) is 5.41 Å². The molecule has 1 aliphatic heterocycles. The molecule has 116 valence electrons. The smallest absolute Gasteiger partial charge is 0.251 e. The second-order valence-corrected chi connectivity index (χ2v) is 7.43. The van der Waals surface area contributed by atoms with Gasteiger partial charge in [-0.05, 0) is 43.9 Å². The molecule has 0 aromatic heterocycles. The fourth-order valence-electron chi connectivity index (χ4n) is 2.93. The second kappa shape index (κ2) is 5.58. The molecule has 4 heteroatoms. The molecular formula is C17H25NO3. The molecule has 1 aliphatic rings. The van der Waals surface area contributed by atoms with E-state index in [0.717, 1.165) is 6.42 Å². The molecule has 0 fully saturated rings. The van der Waals surface area contributed by atoms with Crippen molar-refractivity contribution in [2.75, 3.05) is 13.2 Å². The summed E-state index contributed by atoms with van der Waals surface area (Å²) in [4.78, 5) is 12.4. The van der Waals surface area contributed by atoms with Crippen molar-refractivity contribution in [2.45, 2.75) is 46.6 Å². The van der Waals surface area contributed by atoms with Crippen molar-refractivity contribution in [3.63, 3.8) is 0 Å². The van der Waals surface area contributed by atoms with E-state index in [-0.39, 0.29) is 16.9 Å². The Balaban J connectivity index is 2.10. The summed E-state index contributed by atoms with van der Waals surface area (Å²) in [7, 11) is 0. The minimum absolute atomic E-state index is 0.0822. The van der Waals surface area contributed by atoms with Crippen LogP contribution in [0.3, 0.4) is 0 Å². The molecule has 0 bridgehead atoms. The highest BCUT2D eigenvalue weighted by atomic mass is 16.6. The monoisotopic (exact) mass is 291 g/mol. The Morgan fingerprint density at radius 2 is 1.71 bits per heavy atom. The minimum atomic E-state index is -0.261. The molecule has 4 nitrogen and oxygen atoms in total. The summed E-state index contributed by atoms with van der Waals surface area (Å²) in [6.07, 6.45) is 0.899. The molecule has 1 heterocycles. The molecule has 1 aromatic rings. The number of benzene rings is 1. The van der Waals surface area contributed by atoms with Gasteiger partial charge in [0, 0.05) is 11.1 Å². The summed E-state index contributed by atoms with van der Waals surface area (Å²) in [6, 6.07) is 5.31. The number of hydrogen-bond donors (Lipinski definition) is 1. The molecule has 0 radical (unpaired) electrons. The number of ether oxygens (including phenoxy) is 2. The average molecular weight is 291 g/mol. The summed E-state index contributed by atoms with van der Waals surface area (Å²) in [5, 5.41) is 3.10. The number of carbonyl (C=O) groups is 1. The van der Waals surface area contributed by atoms with Gasteiger partial charge < -0.3 is 14.8 Å². The predicted molar refractivity (Wildman–Crippen MR) is 83.0 cm³/mol. The maximum absolute atomic E-state index is 12.4. The lowest BCUT2D eigenvalue weighted by molar-refractivity contribution is 0.0890. The lowest BCUT2D eigenvalue weighted by atomic mass is 9.81. The molecule has 0 unspecified atom stereocenters. The maximum atomic E-state index is 12.4. The van der Waals surface area contributed by atoms with Crippen LogP contribution in [0.15, 0.2) is 18.2 Å². The third kappa shape index (κ3) is 4.38. The predicted octanol–water partition coefficient (Wildman–Crippen LogP) is 3.40. The Bertz CT molecular complexity index is 529. The highest BCUT2D eigenvalue weighted by Gasteiger charge is 2.27. The lowest BCUT2D eigenvalue weighted by Gasteiger charge is -2.33. The highest BCUT2D eigenvalue weighted by Crippen LogP contribution is 2.31. The SMILES string of the molecule is CC(C)(C)CC(C)(C)NC(=O)c1ccc2c(c1)OCCO2. The summed E-state index contributed by atoms with van der Waals surface area (Å²) >= 11 is 0. The van der Waals surface area contributed by atoms with Crippen molar-refractivity contribution in [3.8, 4) is 11.5 Å². The summed E-state index contributed by atoms with van der Waals surface area (Å²) in [5.41, 5.74) is 0.493. The first-order chi connectivity index (χ1) is 9.66. The van der Waals surface area contributed by atoms with Crippen LogP contribution < -0.4 is 14.8 Å². The zero-order valence-electron chi connectivity index (χ0n) is 13.6. The largest absolute Gasteiger partial charge is 0.486 e. The van der Waals surface area contributed by atoms with Crippen LogP contribution in [0.1, 0.15) is 51.4 Å². The van der Waals surface area contributed by atoms with Crippen LogP contribution in [0.25, 0.3) is 0 Å². The van der Waals surface area contributed by atoms with Crippen molar-refractivity contribution in [1.82, 2.24) is 5.32 Å². The molecule has 1 aromatic carbocycles. The van der Waals surface area contributed by atoms with E-state index < -0.39 is 0 Å². The molecule has 21 heavy (non-hydrogen) atoms. The van der Waals surface area contributed by atoms with Gasteiger partial charge in [0.05, 0.1) is 0 Å². The number of amides is 1. The molecule has 0 saturated heterocycles. The van der Waals surface area contributed by atoms with Gasteiger partial charge in [-0.1, -0.05) is 20.8 Å². The minimum Gasteiger partial charge on any atom is -0.486 e. The van der Waals surface area contributed by atoms with Crippen LogP contribution in [-0.4, -0.2) is 24.7 Å². The zero-order valence-corrected chi connectivity index (χ0v) is 13.6. The Morgan fingerprint density at radius 3 is 2.33 bits per heavy atom. The van der Waals surface area contributed by atoms with Crippen LogP contribution in [0.4, 0.5) is 0 Å². The normalized spacial score (nSPS) is 14.7. The van der Waals surface area contributed by atoms with Gasteiger partial charge in [-0.2, -0.15) is 0 Å². The third-order valence-electron chi connectivity index (χ3n) is 3.23. The number of hydrogen-bond acceptors (Lipinski definition) is 3. The van der Waals surface area contributed by atoms with Crippen molar-refractivity contribution in [3.05, 3.63) is 23.8 Å². The van der Waals surface area contributed by atoms with Crippen LogP contribution in [0.5, 0.6) is 11.5 Å². The standard InChI is InChI=1S/C17H25NO3/c1-16(2,3)11-17(4,5)18-15(19)12-6-7-13-14(10-12)21-9-8-20-13/h6-7,10H,8-9,11H2,1-5H3,(H,18,19). The van der Waals surface area contributed by atoms with Gasteiger partial charge in [-0.15, -0.1) is 0 Å². The molecule has 1 amide bonds. The van der Waals surface area contributed by atoms with Crippen molar-refractivity contribution >= 4 is 5.91 Å². The van der Waals surface area contributed by atoms with E-state index in [0.29, 0.717) is 30.3 Å². The van der Waals surface area contributed by atoms with Gasteiger partial charge in [-0.25, -0.2) is 0 Å². The van der Waals surface area contributed by atoms with E-state index in [9.17, 15) is 4.79 Å². The fourth-order valence-corrected chi connectivity index (χ4v) is 2.93. The van der Waals surface area contributed by atoms with Gasteiger partial charge in [0.1, 0.15) is 13.2 Å². The third-order valence-corrected chi connectivity index (χ3v) is 3.23. The lowest BCUT2D eigenvalue weighted by Crippen LogP contribution is -2.45. The summed E-state index contributed by atoms with van der Waals surface area (Å²) < 4.78 is 11.0. The van der Waals surface area contributed by atoms with Crippen LogP contribution in [0.2, 0.25) is 0 Å². The van der Waals surface area contributed by atoms with E-state index in [1.807, 2.05) is 13.8 Å². The molecule has 2 rings (SSSR count). The maximum Gasteiger partial charge on any atom is 0.251 e. The highest BCUT2D eigenvalue weighted by molar-refractivity contribution is 5.95. The quantitative estimate of drug-likeness (QED) is 0.928. The van der Waals surface area contributed by atoms with E-state index in [1.165, 1.54) is 0 Å². The Morgan fingerprint density at radius 1 is 1.10 bits per heavy atom. The number of rotatable bonds is 3. The number of nitrogens with one attached hydrogen (secondary N) is 1. The van der Waals surface area contributed by atoms with Gasteiger partial charge in [0.15, 0.2) is 11.5 Å². The van der Waals surface area contributed by atoms with Crippen LogP contribution >= 0.6 is 0 Å². The van der Waals surface area contributed by atoms with E-state index in [1.54, 1.807) is 18.2 Å². The van der Waals surface area contributed by atoms with Gasteiger partial charge >= 0.3 is 0 Å². The van der Waals surface area contributed by atoms with Gasteiger partial charge in [0.25, 0.3) is 5.91 Å². The Labute approximate surface area is 126 Å². The average Bonchev–Trinajstić information content (AvgIpc) is 2.34. The summed E-state index contributed by atoms with van der Waals surface area (Å²) in [5.74, 6) is 1.26. The number of carbonyl (C=O) groups excluding carboxylic acids is 1. The molecule has 1 N–H and O–H groups in total. The van der Waals surface area contributed by atoms with E-state index >= 15 is 0 Å². The molecule has 0 saturated carbocycles. The number of fused-ring (bicyclic) bond motifs is 1. The summed E-state index contributed by atoms with van der Waals surface area (Å²) in [6.45, 7) is 11.7. The van der Waals surface area contributed by atoms with Crippen LogP contribution in [-0.2, 0) is 0 Å². The molecule has 0 spiro atoms. The van der Waals surface area contributed by atoms with Crippen molar-refractivity contribution in [2.24, 2.45) is 5.41 Å². The van der Waals surface area contributed by atoms with Gasteiger partial charge in [-0.3, -0.25) is 4.79 Å². The van der Waals surface area contributed by atoms with Crippen molar-refractivity contribution in [1.29, 1.82) is 0 Å². The Kier molecular flexibility index (Phi) is 4.17. The van der Waals surface area contributed by atoms with Gasteiger partial charge in [0.2, 0.25) is 0 Å². The first-order valence-corrected chi connectivity index (χ1v) is 7.38. The van der Waals surface area contributed by atoms with Crippen molar-refractivity contribution < 1.29 is 14.3 Å². The molecule has 0 aliphatic carbocycles. The first-order valence-electron chi connectivity index (χ1n) is 7.38. The first kappa shape index (κ1) is 15.7. The molecular weight excluding hydrogens is 266 g/mol.